The number of nitrogens with zero attached hydrogens (tertiary/aromatic N) is 1. The summed E-state index contributed by atoms with van der Waals surface area (Å²) in [4.78, 5) is 26.4. The Morgan fingerprint density at radius 1 is 1.19 bits per heavy atom. The largest absolute Gasteiger partial charge is 0.508 e. The maximum Gasteiger partial charge on any atom is 0.255 e. The number of aliphatic hydroxyl groups is 5. The number of hydrogen-bond donors (Lipinski definition) is 7. The van der Waals surface area contributed by atoms with Gasteiger partial charge in [-0.3, -0.25) is 14.5 Å². The van der Waals surface area contributed by atoms with Crippen molar-refractivity contribution in [1.82, 2.24) is 4.90 Å². The summed E-state index contributed by atoms with van der Waals surface area (Å²) < 4.78 is 0. The summed E-state index contributed by atoms with van der Waals surface area (Å²) in [6, 6.07) is 3.16. The fraction of sp³-hybridized carbons (Fsp3) is 0.455. The summed E-state index contributed by atoms with van der Waals surface area (Å²) in [5, 5.41) is 66.5. The minimum atomic E-state index is -2.55. The van der Waals surface area contributed by atoms with Crippen molar-refractivity contribution < 1.29 is 40.2 Å². The zero-order valence-corrected chi connectivity index (χ0v) is 17.8. The minimum Gasteiger partial charge on any atom is -0.508 e. The number of Topliss-reactive ketones (excluding diaryl/α,β-unsaturated/α-hetero) is 1. The van der Waals surface area contributed by atoms with Gasteiger partial charge in [-0.05, 0) is 39.1 Å². The molecule has 8 N–H and O–H groups in total. The van der Waals surface area contributed by atoms with E-state index in [1.165, 1.54) is 44.1 Å². The first-order valence-electron chi connectivity index (χ1n) is 10.1. The normalized spacial score (nSPS) is 36.7. The van der Waals surface area contributed by atoms with Crippen molar-refractivity contribution in [3.63, 3.8) is 0 Å². The van der Waals surface area contributed by atoms with Crippen LogP contribution in [0.5, 0.6) is 5.75 Å². The van der Waals surface area contributed by atoms with Crippen LogP contribution in [0.1, 0.15) is 24.5 Å². The molecule has 6 atom stereocenters. The number of fused-ring (bicyclic) bond motifs is 3. The molecule has 0 heterocycles. The number of carbonyl (C=O) groups excluding carboxylic acids is 2. The van der Waals surface area contributed by atoms with Crippen molar-refractivity contribution in [3.8, 4) is 5.75 Å². The molecule has 1 fully saturated rings. The van der Waals surface area contributed by atoms with Gasteiger partial charge in [-0.2, -0.15) is 0 Å². The van der Waals surface area contributed by atoms with E-state index >= 15 is 0 Å². The molecule has 1 unspecified atom stereocenters. The average Bonchev–Trinajstić information content (AvgIpc) is 2.68. The van der Waals surface area contributed by atoms with E-state index in [1.807, 2.05) is 0 Å². The van der Waals surface area contributed by atoms with Gasteiger partial charge in [0.05, 0.1) is 17.2 Å². The molecule has 3 aliphatic carbocycles. The third-order valence-electron chi connectivity index (χ3n) is 7.23. The lowest BCUT2D eigenvalue weighted by molar-refractivity contribution is -0.168. The molecule has 10 nitrogen and oxygen atoms in total. The number of ketones is 1. The minimum absolute atomic E-state index is 0.112. The molecular weight excluding hydrogens is 420 g/mol. The van der Waals surface area contributed by atoms with Crippen molar-refractivity contribution in [2.75, 3.05) is 14.1 Å². The molecule has 0 aliphatic heterocycles. The topological polar surface area (TPSA) is 185 Å². The van der Waals surface area contributed by atoms with Crippen molar-refractivity contribution in [2.45, 2.75) is 36.7 Å². The number of aromatic hydroxyl groups is 1. The van der Waals surface area contributed by atoms with Crippen molar-refractivity contribution in [1.29, 1.82) is 0 Å². The number of phenols is 1. The first-order valence-corrected chi connectivity index (χ1v) is 10.1. The van der Waals surface area contributed by atoms with Gasteiger partial charge in [0.15, 0.2) is 11.4 Å². The van der Waals surface area contributed by atoms with E-state index in [4.69, 9.17) is 5.73 Å². The molecule has 4 rings (SSSR count). The number of hydrogen-bond acceptors (Lipinski definition) is 9. The van der Waals surface area contributed by atoms with Gasteiger partial charge in [0, 0.05) is 17.4 Å². The Balaban J connectivity index is 2.04. The van der Waals surface area contributed by atoms with Gasteiger partial charge in [0.2, 0.25) is 0 Å². The Labute approximate surface area is 183 Å². The lowest BCUT2D eigenvalue weighted by Crippen LogP contribution is -2.68. The number of nitrogens with two attached hydrogens (primary N) is 1. The molecule has 1 amide bonds. The molecule has 0 radical (unpaired) electrons. The van der Waals surface area contributed by atoms with Gasteiger partial charge in [-0.25, -0.2) is 0 Å². The lowest BCUT2D eigenvalue weighted by atomic mass is 9.54. The smallest absolute Gasteiger partial charge is 0.255 e. The van der Waals surface area contributed by atoms with E-state index in [9.17, 15) is 40.2 Å². The molecule has 0 saturated heterocycles. The Morgan fingerprint density at radius 2 is 1.81 bits per heavy atom. The summed E-state index contributed by atoms with van der Waals surface area (Å²) in [5.74, 6) is -6.20. The number of aliphatic hydroxyl groups excluding tert-OH is 3. The van der Waals surface area contributed by atoms with E-state index in [2.05, 4.69) is 0 Å². The second-order valence-corrected chi connectivity index (χ2v) is 9.13. The third-order valence-corrected chi connectivity index (χ3v) is 7.23. The molecule has 10 heteroatoms. The van der Waals surface area contributed by atoms with Gasteiger partial charge in [-0.1, -0.05) is 12.1 Å². The maximum absolute atomic E-state index is 13.0. The summed E-state index contributed by atoms with van der Waals surface area (Å²) in [6.07, 6.45) is -2.16. The number of primary amides is 1. The first-order chi connectivity index (χ1) is 14.8. The predicted molar refractivity (Wildman–Crippen MR) is 111 cm³/mol. The number of rotatable bonds is 2. The van der Waals surface area contributed by atoms with Crippen LogP contribution in [0.2, 0.25) is 0 Å². The van der Waals surface area contributed by atoms with Crippen LogP contribution in [-0.4, -0.2) is 79.1 Å². The van der Waals surface area contributed by atoms with Crippen LogP contribution < -0.4 is 5.73 Å². The van der Waals surface area contributed by atoms with Gasteiger partial charge in [0.1, 0.15) is 28.9 Å². The average molecular weight is 446 g/mol. The zero-order chi connectivity index (χ0) is 23.9. The van der Waals surface area contributed by atoms with Crippen molar-refractivity contribution in [3.05, 3.63) is 46.2 Å². The van der Waals surface area contributed by atoms with Crippen molar-refractivity contribution in [2.24, 2.45) is 17.6 Å². The van der Waals surface area contributed by atoms with Crippen LogP contribution in [0.3, 0.4) is 0 Å². The van der Waals surface area contributed by atoms with Gasteiger partial charge >= 0.3 is 0 Å². The lowest BCUT2D eigenvalue weighted by Gasteiger charge is -2.56. The van der Waals surface area contributed by atoms with Crippen LogP contribution in [0.4, 0.5) is 0 Å². The van der Waals surface area contributed by atoms with E-state index in [0.29, 0.717) is 0 Å². The number of phenolic OH excluding ortho intramolecular Hbond substituents is 1. The second-order valence-electron chi connectivity index (χ2n) is 9.13. The van der Waals surface area contributed by atoms with E-state index in [-0.39, 0.29) is 28.9 Å². The van der Waals surface area contributed by atoms with Crippen LogP contribution in [0, 0.1) is 11.8 Å². The van der Waals surface area contributed by atoms with E-state index in [0.717, 1.165) is 0 Å². The molecule has 1 aromatic rings. The number of benzene rings is 1. The first kappa shape index (κ1) is 22.3. The van der Waals surface area contributed by atoms with Crippen LogP contribution in [-0.2, 0) is 15.2 Å². The molecule has 0 bridgehead atoms. The standard InChI is InChI=1S/C22H26N2O8/c1-21(31)8-5-4-6-11(25)12(8)16(26)13-9(21)7-10-15(24(2)3)17(27)14(20(23)30)19(29)22(10,32)18(13)28/h4-6,9-10,15,18,25-26,28-29,31-32H,7H2,1-3H3,(H2,23,30)/t9-,10-,15-,18?,21+,22-/m0/s1. The predicted octanol–water partition coefficient (Wildman–Crippen LogP) is -0.579. The summed E-state index contributed by atoms with van der Waals surface area (Å²) in [6.45, 7) is 1.44. The quantitative estimate of drug-likeness (QED) is 0.292. The Morgan fingerprint density at radius 3 is 2.38 bits per heavy atom. The monoisotopic (exact) mass is 446 g/mol. The van der Waals surface area contributed by atoms with Gasteiger partial charge in [0.25, 0.3) is 5.91 Å². The highest BCUT2D eigenvalue weighted by Gasteiger charge is 2.66. The highest BCUT2D eigenvalue weighted by molar-refractivity contribution is 6.22. The number of carbonyl (C=O) groups is 2. The molecular formula is C22H26N2O8. The molecule has 3 aliphatic rings. The van der Waals surface area contributed by atoms with Gasteiger partial charge < -0.3 is 36.4 Å². The summed E-state index contributed by atoms with van der Waals surface area (Å²) in [7, 11) is 3.07. The van der Waals surface area contributed by atoms with E-state index < -0.39 is 64.0 Å². The Bertz CT molecular complexity index is 1110. The third kappa shape index (κ3) is 2.54. The van der Waals surface area contributed by atoms with Crippen LogP contribution in [0.25, 0.3) is 5.76 Å². The fourth-order valence-electron chi connectivity index (χ4n) is 5.72. The second kappa shape index (κ2) is 6.79. The number of likely N-dealkylation sites (N-methyl/N-ethyl adjacent to an activating group) is 1. The van der Waals surface area contributed by atoms with Gasteiger partial charge in [-0.15, -0.1) is 0 Å². The molecule has 1 saturated carbocycles. The van der Waals surface area contributed by atoms with Crippen molar-refractivity contribution >= 4 is 17.4 Å². The molecule has 1 aromatic carbocycles. The number of amides is 1. The van der Waals surface area contributed by atoms with Crippen LogP contribution >= 0.6 is 0 Å². The fourth-order valence-corrected chi connectivity index (χ4v) is 5.72. The molecule has 0 spiro atoms. The Kier molecular flexibility index (Phi) is 4.73. The molecule has 172 valence electrons. The summed E-state index contributed by atoms with van der Waals surface area (Å²) >= 11 is 0. The molecule has 0 aromatic heterocycles. The zero-order valence-electron chi connectivity index (χ0n) is 17.8. The Hall–Kier alpha value is -2.92. The van der Waals surface area contributed by atoms with E-state index in [1.54, 1.807) is 0 Å². The highest BCUT2D eigenvalue weighted by atomic mass is 16.4. The summed E-state index contributed by atoms with van der Waals surface area (Å²) in [5.41, 5.74) is 0.0942. The maximum atomic E-state index is 13.0. The van der Waals surface area contributed by atoms with Crippen LogP contribution in [0.15, 0.2) is 35.1 Å². The SMILES string of the molecule is CN(C)[C@@H]1C(=O)C(C(N)=O)=C(O)[C@@]2(O)C(O)C3=C(O)c4c(O)cccc4[C@@](C)(O)[C@H]3C[C@@H]12. The highest BCUT2D eigenvalue weighted by Crippen LogP contribution is 2.58. The molecule has 32 heavy (non-hydrogen) atoms.